The molecule has 2 heterocycles. The van der Waals surface area contributed by atoms with Gasteiger partial charge in [-0.2, -0.15) is 0 Å². The maximum absolute atomic E-state index is 12.3. The van der Waals surface area contributed by atoms with Crippen LogP contribution in [0, 0.1) is 6.92 Å². The Balaban J connectivity index is 2.38. The number of nitrogens with zero attached hydrogens (tertiary/aromatic N) is 2. The summed E-state index contributed by atoms with van der Waals surface area (Å²) in [7, 11) is 1.55. The fraction of sp³-hybridized carbons (Fsp3) is 0.357. The van der Waals surface area contributed by atoms with E-state index in [2.05, 4.69) is 10.3 Å². The minimum absolute atomic E-state index is 0.0241. The Morgan fingerprint density at radius 1 is 1.50 bits per heavy atom. The first-order valence-corrected chi connectivity index (χ1v) is 6.30. The van der Waals surface area contributed by atoms with E-state index in [1.165, 1.54) is 10.6 Å². The number of pyridine rings is 1. The molecule has 0 bridgehead atoms. The number of carbonyl (C=O) groups excluding carboxylic acids is 1. The van der Waals surface area contributed by atoms with Crippen molar-refractivity contribution in [1.82, 2.24) is 14.7 Å². The fourth-order valence-corrected chi connectivity index (χ4v) is 1.93. The van der Waals surface area contributed by atoms with Gasteiger partial charge < -0.3 is 10.1 Å². The van der Waals surface area contributed by atoms with Crippen molar-refractivity contribution >= 4 is 11.6 Å². The molecule has 6 nitrogen and oxygen atoms in total. The Morgan fingerprint density at radius 2 is 2.25 bits per heavy atom. The Hall–Kier alpha value is -2.21. The molecule has 2 aromatic rings. The van der Waals surface area contributed by atoms with Crippen LogP contribution in [-0.2, 0) is 4.74 Å². The number of carbonyl (C=O) groups is 1. The zero-order valence-corrected chi connectivity index (χ0v) is 11.7. The van der Waals surface area contributed by atoms with E-state index in [1.807, 2.05) is 13.0 Å². The molecule has 2 rings (SSSR count). The van der Waals surface area contributed by atoms with E-state index >= 15 is 0 Å². The van der Waals surface area contributed by atoms with Gasteiger partial charge in [0.15, 0.2) is 0 Å². The predicted octanol–water partition coefficient (Wildman–Crippen LogP) is 0.768. The van der Waals surface area contributed by atoms with Crippen molar-refractivity contribution in [2.45, 2.75) is 19.9 Å². The van der Waals surface area contributed by atoms with Gasteiger partial charge in [-0.3, -0.25) is 14.0 Å². The highest BCUT2D eigenvalue weighted by Crippen LogP contribution is 2.02. The average Bonchev–Trinajstić information content (AvgIpc) is 2.40. The van der Waals surface area contributed by atoms with Crippen molar-refractivity contribution < 1.29 is 9.53 Å². The van der Waals surface area contributed by atoms with Gasteiger partial charge in [0.05, 0.1) is 6.61 Å². The molecule has 2 aromatic heterocycles. The quantitative estimate of drug-likeness (QED) is 0.894. The second kappa shape index (κ2) is 5.83. The molecule has 0 aliphatic carbocycles. The van der Waals surface area contributed by atoms with Gasteiger partial charge in [0, 0.05) is 25.5 Å². The summed E-state index contributed by atoms with van der Waals surface area (Å²) in [6.45, 7) is 4.06. The molecule has 0 radical (unpaired) electrons. The SMILES string of the molecule is COCC(C)NC(=O)c1cnc2ccc(C)cn2c1=O. The first-order chi connectivity index (χ1) is 9.52. The molecule has 1 N–H and O–H groups in total. The van der Waals surface area contributed by atoms with Crippen LogP contribution in [0.4, 0.5) is 0 Å². The second-order valence-electron chi connectivity index (χ2n) is 4.74. The lowest BCUT2D eigenvalue weighted by molar-refractivity contribution is 0.0903. The molecule has 1 unspecified atom stereocenters. The number of methoxy groups -OCH3 is 1. The van der Waals surface area contributed by atoms with Crippen LogP contribution < -0.4 is 10.9 Å². The molecule has 6 heteroatoms. The third kappa shape index (κ3) is 2.85. The van der Waals surface area contributed by atoms with Gasteiger partial charge in [-0.05, 0) is 25.5 Å². The third-order valence-electron chi connectivity index (χ3n) is 2.89. The fourth-order valence-electron chi connectivity index (χ4n) is 1.93. The zero-order chi connectivity index (χ0) is 14.7. The number of hydrogen-bond acceptors (Lipinski definition) is 4. The van der Waals surface area contributed by atoms with Crippen LogP contribution in [-0.4, -0.2) is 35.1 Å². The van der Waals surface area contributed by atoms with Gasteiger partial charge in [0.1, 0.15) is 11.2 Å². The van der Waals surface area contributed by atoms with Crippen LogP contribution >= 0.6 is 0 Å². The molecule has 1 amide bonds. The van der Waals surface area contributed by atoms with Crippen LogP contribution in [0.15, 0.2) is 29.3 Å². The van der Waals surface area contributed by atoms with Crippen LogP contribution in [0.25, 0.3) is 5.65 Å². The van der Waals surface area contributed by atoms with Crippen molar-refractivity contribution in [1.29, 1.82) is 0 Å². The van der Waals surface area contributed by atoms with Crippen molar-refractivity contribution in [3.8, 4) is 0 Å². The van der Waals surface area contributed by atoms with E-state index in [1.54, 1.807) is 26.3 Å². The lowest BCUT2D eigenvalue weighted by Gasteiger charge is -2.12. The first-order valence-electron chi connectivity index (χ1n) is 6.30. The molecule has 0 saturated heterocycles. The molecule has 20 heavy (non-hydrogen) atoms. The molecule has 0 aliphatic rings. The summed E-state index contributed by atoms with van der Waals surface area (Å²) >= 11 is 0. The van der Waals surface area contributed by atoms with Gasteiger partial charge in [-0.25, -0.2) is 4.98 Å². The summed E-state index contributed by atoms with van der Waals surface area (Å²) in [6, 6.07) is 3.43. The lowest BCUT2D eigenvalue weighted by Crippen LogP contribution is -2.39. The molecule has 0 aromatic carbocycles. The van der Waals surface area contributed by atoms with Crippen molar-refractivity contribution in [3.63, 3.8) is 0 Å². The summed E-state index contributed by atoms with van der Waals surface area (Å²) < 4.78 is 6.32. The van der Waals surface area contributed by atoms with Crippen LogP contribution in [0.1, 0.15) is 22.8 Å². The normalized spacial score (nSPS) is 12.3. The number of fused-ring (bicyclic) bond motifs is 1. The molecule has 1 atom stereocenters. The van der Waals surface area contributed by atoms with Crippen molar-refractivity contribution in [3.05, 3.63) is 46.0 Å². The number of aromatic nitrogens is 2. The van der Waals surface area contributed by atoms with E-state index < -0.39 is 5.91 Å². The van der Waals surface area contributed by atoms with Crippen LogP contribution in [0.3, 0.4) is 0 Å². The summed E-state index contributed by atoms with van der Waals surface area (Å²) in [5.74, 6) is -0.442. The molecule has 0 saturated carbocycles. The number of nitrogens with one attached hydrogen (secondary N) is 1. The summed E-state index contributed by atoms with van der Waals surface area (Å²) in [5, 5.41) is 2.70. The van der Waals surface area contributed by atoms with E-state index in [0.29, 0.717) is 12.3 Å². The monoisotopic (exact) mass is 275 g/mol. The summed E-state index contributed by atoms with van der Waals surface area (Å²) in [4.78, 5) is 28.5. The number of hydrogen-bond donors (Lipinski definition) is 1. The summed E-state index contributed by atoms with van der Waals surface area (Å²) in [5.41, 5.74) is 1.09. The maximum atomic E-state index is 12.3. The molecule has 0 fully saturated rings. The molecule has 106 valence electrons. The van der Waals surface area contributed by atoms with Gasteiger partial charge in [-0.15, -0.1) is 0 Å². The largest absolute Gasteiger partial charge is 0.383 e. The molecular formula is C14H17N3O3. The van der Waals surface area contributed by atoms with Crippen molar-refractivity contribution in [2.24, 2.45) is 0 Å². The highest BCUT2D eigenvalue weighted by atomic mass is 16.5. The Labute approximate surface area is 116 Å². The molecule has 0 aliphatic heterocycles. The van der Waals surface area contributed by atoms with E-state index in [0.717, 1.165) is 5.56 Å². The Bertz CT molecular complexity index is 694. The van der Waals surface area contributed by atoms with Crippen LogP contribution in [0.2, 0.25) is 0 Å². The number of rotatable bonds is 4. The van der Waals surface area contributed by atoms with Crippen molar-refractivity contribution in [2.75, 3.05) is 13.7 Å². The number of aryl methyl sites for hydroxylation is 1. The molecule has 0 spiro atoms. The number of amides is 1. The van der Waals surface area contributed by atoms with Gasteiger partial charge >= 0.3 is 0 Å². The minimum Gasteiger partial charge on any atom is -0.383 e. The first kappa shape index (κ1) is 14.2. The van der Waals surface area contributed by atoms with Gasteiger partial charge in [0.2, 0.25) is 0 Å². The third-order valence-corrected chi connectivity index (χ3v) is 2.89. The molecular weight excluding hydrogens is 258 g/mol. The highest BCUT2D eigenvalue weighted by molar-refractivity contribution is 5.93. The summed E-state index contributed by atoms with van der Waals surface area (Å²) in [6.07, 6.45) is 2.97. The Kier molecular flexibility index (Phi) is 4.14. The smallest absolute Gasteiger partial charge is 0.270 e. The standard InChI is InChI=1S/C14H17N3O3/c1-9-4-5-12-15-6-11(14(19)17(12)7-9)13(18)16-10(2)8-20-3/h4-7,10H,8H2,1-3H3,(H,16,18). The van der Waals surface area contributed by atoms with E-state index in [-0.39, 0.29) is 17.2 Å². The van der Waals surface area contributed by atoms with E-state index in [4.69, 9.17) is 4.74 Å². The zero-order valence-electron chi connectivity index (χ0n) is 11.7. The maximum Gasteiger partial charge on any atom is 0.270 e. The second-order valence-corrected chi connectivity index (χ2v) is 4.74. The Morgan fingerprint density at radius 3 is 2.95 bits per heavy atom. The van der Waals surface area contributed by atoms with Gasteiger partial charge in [0.25, 0.3) is 11.5 Å². The average molecular weight is 275 g/mol. The topological polar surface area (TPSA) is 72.7 Å². The van der Waals surface area contributed by atoms with Crippen LogP contribution in [0.5, 0.6) is 0 Å². The minimum atomic E-state index is -0.442. The predicted molar refractivity (Wildman–Crippen MR) is 75.0 cm³/mol. The lowest BCUT2D eigenvalue weighted by atomic mass is 10.2. The number of ether oxygens (including phenoxy) is 1. The van der Waals surface area contributed by atoms with E-state index in [9.17, 15) is 9.59 Å². The highest BCUT2D eigenvalue weighted by Gasteiger charge is 2.15. The van der Waals surface area contributed by atoms with Gasteiger partial charge in [-0.1, -0.05) is 6.07 Å².